The van der Waals surface area contributed by atoms with Gasteiger partial charge in [-0.1, -0.05) is 6.07 Å². The number of anilines is 1. The average molecular weight is 300 g/mol. The molecule has 0 atom stereocenters. The third-order valence-electron chi connectivity index (χ3n) is 3.73. The van der Waals surface area contributed by atoms with E-state index in [1.165, 1.54) is 19.1 Å². The standard InChI is InChI=1S/C13H14F2N2O4/c1-8-3-4-9(17(20)21)7-10(8)16-11(18)13(14,15)12(19)5-2-6-12/h3-4,7,19H,2,5-6H2,1H3,(H,16,18). The second-order valence-electron chi connectivity index (χ2n) is 5.17. The van der Waals surface area contributed by atoms with Gasteiger partial charge in [-0.2, -0.15) is 8.78 Å². The van der Waals surface area contributed by atoms with Gasteiger partial charge in [0.15, 0.2) is 0 Å². The van der Waals surface area contributed by atoms with E-state index in [4.69, 9.17) is 0 Å². The topological polar surface area (TPSA) is 92.5 Å². The first kappa shape index (κ1) is 15.3. The van der Waals surface area contributed by atoms with Crippen LogP contribution in [0.15, 0.2) is 18.2 Å². The molecule has 1 fully saturated rings. The minimum atomic E-state index is -3.94. The summed E-state index contributed by atoms with van der Waals surface area (Å²) in [5.74, 6) is -5.60. The van der Waals surface area contributed by atoms with E-state index in [2.05, 4.69) is 0 Å². The van der Waals surface area contributed by atoms with Crippen LogP contribution in [-0.4, -0.2) is 27.5 Å². The number of aliphatic hydroxyl groups is 1. The van der Waals surface area contributed by atoms with Crippen molar-refractivity contribution >= 4 is 17.3 Å². The number of nitrogens with zero attached hydrogens (tertiary/aromatic N) is 1. The molecule has 114 valence electrons. The summed E-state index contributed by atoms with van der Waals surface area (Å²) in [5, 5.41) is 22.3. The maximum Gasteiger partial charge on any atom is 0.352 e. The number of alkyl halides is 2. The largest absolute Gasteiger partial charge is 0.383 e. The number of benzene rings is 1. The summed E-state index contributed by atoms with van der Waals surface area (Å²) >= 11 is 0. The summed E-state index contributed by atoms with van der Waals surface area (Å²) in [4.78, 5) is 21.7. The molecule has 8 heteroatoms. The first-order chi connectivity index (χ1) is 9.67. The van der Waals surface area contributed by atoms with Gasteiger partial charge in [0.1, 0.15) is 5.60 Å². The molecule has 1 aliphatic rings. The fraction of sp³-hybridized carbons (Fsp3) is 0.462. The van der Waals surface area contributed by atoms with Gasteiger partial charge in [-0.05, 0) is 31.7 Å². The molecule has 6 nitrogen and oxygen atoms in total. The Bertz CT molecular complexity index is 600. The molecular weight excluding hydrogens is 286 g/mol. The molecule has 1 aliphatic carbocycles. The Labute approximate surface area is 118 Å². The lowest BCUT2D eigenvalue weighted by Gasteiger charge is -2.41. The quantitative estimate of drug-likeness (QED) is 0.659. The lowest BCUT2D eigenvalue weighted by Crippen LogP contribution is -2.59. The number of halogens is 2. The smallest absolute Gasteiger partial charge is 0.352 e. The number of carbonyl (C=O) groups excluding carboxylic acids is 1. The Morgan fingerprint density at radius 2 is 2.10 bits per heavy atom. The van der Waals surface area contributed by atoms with Crippen LogP contribution in [0, 0.1) is 17.0 Å². The van der Waals surface area contributed by atoms with Gasteiger partial charge in [0.2, 0.25) is 0 Å². The van der Waals surface area contributed by atoms with E-state index in [9.17, 15) is 28.8 Å². The molecule has 2 N–H and O–H groups in total. The van der Waals surface area contributed by atoms with Crippen molar-refractivity contribution in [1.29, 1.82) is 0 Å². The van der Waals surface area contributed by atoms with E-state index in [-0.39, 0.29) is 24.2 Å². The number of amides is 1. The van der Waals surface area contributed by atoms with Gasteiger partial charge in [-0.3, -0.25) is 14.9 Å². The normalized spacial score (nSPS) is 17.0. The van der Waals surface area contributed by atoms with Crippen molar-refractivity contribution in [3.8, 4) is 0 Å². The number of nitro benzene ring substituents is 1. The fourth-order valence-corrected chi connectivity index (χ4v) is 2.10. The second kappa shape index (κ2) is 5.03. The summed E-state index contributed by atoms with van der Waals surface area (Å²) in [7, 11) is 0. The van der Waals surface area contributed by atoms with Gasteiger partial charge >= 0.3 is 5.92 Å². The van der Waals surface area contributed by atoms with E-state index in [1.807, 2.05) is 5.32 Å². The van der Waals surface area contributed by atoms with Gasteiger partial charge in [0, 0.05) is 12.1 Å². The zero-order valence-corrected chi connectivity index (χ0v) is 11.2. The molecule has 0 aliphatic heterocycles. The molecule has 0 heterocycles. The zero-order valence-electron chi connectivity index (χ0n) is 11.2. The molecule has 0 saturated heterocycles. The predicted molar refractivity (Wildman–Crippen MR) is 70.2 cm³/mol. The number of hydrogen-bond acceptors (Lipinski definition) is 4. The Morgan fingerprint density at radius 1 is 1.48 bits per heavy atom. The van der Waals surface area contributed by atoms with Crippen molar-refractivity contribution in [2.75, 3.05) is 5.32 Å². The van der Waals surface area contributed by atoms with Gasteiger partial charge in [-0.15, -0.1) is 0 Å². The van der Waals surface area contributed by atoms with Crippen molar-refractivity contribution in [1.82, 2.24) is 0 Å². The third kappa shape index (κ3) is 2.58. The van der Waals surface area contributed by atoms with E-state index < -0.39 is 22.4 Å². The molecule has 0 radical (unpaired) electrons. The van der Waals surface area contributed by atoms with E-state index in [0.717, 1.165) is 6.07 Å². The minimum Gasteiger partial charge on any atom is -0.383 e. The van der Waals surface area contributed by atoms with Gasteiger partial charge < -0.3 is 10.4 Å². The monoisotopic (exact) mass is 300 g/mol. The van der Waals surface area contributed by atoms with Gasteiger partial charge in [-0.25, -0.2) is 0 Å². The Hall–Kier alpha value is -2.09. The molecule has 1 aromatic carbocycles. The number of hydrogen-bond donors (Lipinski definition) is 2. The number of aryl methyl sites for hydroxylation is 1. The predicted octanol–water partition coefficient (Wildman–Crippen LogP) is 2.39. The first-order valence-electron chi connectivity index (χ1n) is 6.34. The Kier molecular flexibility index (Phi) is 3.66. The van der Waals surface area contributed by atoms with Crippen LogP contribution in [0.2, 0.25) is 0 Å². The maximum absolute atomic E-state index is 13.9. The van der Waals surface area contributed by atoms with Crippen LogP contribution in [-0.2, 0) is 4.79 Å². The fourth-order valence-electron chi connectivity index (χ4n) is 2.10. The van der Waals surface area contributed by atoms with E-state index in [1.54, 1.807) is 0 Å². The van der Waals surface area contributed by atoms with Crippen molar-refractivity contribution < 1.29 is 23.6 Å². The Morgan fingerprint density at radius 3 is 2.57 bits per heavy atom. The highest BCUT2D eigenvalue weighted by molar-refractivity contribution is 5.98. The van der Waals surface area contributed by atoms with Gasteiger partial charge in [0.05, 0.1) is 10.6 Å². The molecular formula is C13H14F2N2O4. The molecule has 0 spiro atoms. The molecule has 0 bridgehead atoms. The van der Waals surface area contributed by atoms with Crippen LogP contribution in [0.5, 0.6) is 0 Å². The molecule has 1 aromatic rings. The van der Waals surface area contributed by atoms with E-state index in [0.29, 0.717) is 12.0 Å². The van der Waals surface area contributed by atoms with Crippen LogP contribution in [0.4, 0.5) is 20.2 Å². The van der Waals surface area contributed by atoms with Crippen molar-refractivity contribution in [2.45, 2.75) is 37.7 Å². The highest BCUT2D eigenvalue weighted by atomic mass is 19.3. The lowest BCUT2D eigenvalue weighted by atomic mass is 9.75. The molecule has 1 saturated carbocycles. The van der Waals surface area contributed by atoms with Gasteiger partial charge in [0.25, 0.3) is 11.6 Å². The SMILES string of the molecule is Cc1ccc([N+](=O)[O-])cc1NC(=O)C(F)(F)C1(O)CCC1. The average Bonchev–Trinajstić information content (AvgIpc) is 2.37. The highest BCUT2D eigenvalue weighted by Gasteiger charge is 2.61. The first-order valence-corrected chi connectivity index (χ1v) is 6.34. The number of carbonyl (C=O) groups is 1. The summed E-state index contributed by atoms with van der Waals surface area (Å²) in [5.41, 5.74) is -2.31. The highest BCUT2D eigenvalue weighted by Crippen LogP contribution is 2.44. The minimum absolute atomic E-state index is 0.0724. The summed E-state index contributed by atoms with van der Waals surface area (Å²) in [6, 6.07) is 3.57. The summed E-state index contributed by atoms with van der Waals surface area (Å²) in [6.07, 6.45) is 0.123. The molecule has 21 heavy (non-hydrogen) atoms. The number of nitrogens with one attached hydrogen (secondary N) is 1. The van der Waals surface area contributed by atoms with Crippen molar-refractivity contribution in [3.63, 3.8) is 0 Å². The second-order valence-corrected chi connectivity index (χ2v) is 5.17. The van der Waals surface area contributed by atoms with Crippen LogP contribution in [0.1, 0.15) is 24.8 Å². The maximum atomic E-state index is 13.9. The lowest BCUT2D eigenvalue weighted by molar-refractivity contribution is -0.384. The molecule has 1 amide bonds. The Balaban J connectivity index is 2.23. The number of rotatable bonds is 4. The van der Waals surface area contributed by atoms with Crippen LogP contribution >= 0.6 is 0 Å². The van der Waals surface area contributed by atoms with Crippen LogP contribution < -0.4 is 5.32 Å². The van der Waals surface area contributed by atoms with Crippen LogP contribution in [0.25, 0.3) is 0 Å². The van der Waals surface area contributed by atoms with E-state index >= 15 is 0 Å². The molecule has 0 unspecified atom stereocenters. The third-order valence-corrected chi connectivity index (χ3v) is 3.73. The van der Waals surface area contributed by atoms with Crippen LogP contribution in [0.3, 0.4) is 0 Å². The summed E-state index contributed by atoms with van der Waals surface area (Å²) < 4.78 is 27.9. The number of nitro groups is 1. The van der Waals surface area contributed by atoms with Crippen molar-refractivity contribution in [3.05, 3.63) is 33.9 Å². The molecule has 0 aromatic heterocycles. The summed E-state index contributed by atoms with van der Waals surface area (Å²) in [6.45, 7) is 1.52. The molecule has 2 rings (SSSR count). The zero-order chi connectivity index (χ0) is 15.8. The number of non-ortho nitro benzene ring substituents is 1. The van der Waals surface area contributed by atoms with Crippen molar-refractivity contribution in [2.24, 2.45) is 0 Å².